The molecule has 0 N–H and O–H groups in total. The first-order valence-corrected chi connectivity index (χ1v) is 10.1. The van der Waals surface area contributed by atoms with Crippen molar-refractivity contribution >= 4 is 39.0 Å². The number of ketones is 1. The third-order valence-electron chi connectivity index (χ3n) is 3.51. The highest BCUT2D eigenvalue weighted by atomic mass is 35.5. The number of hydrogen-bond acceptors (Lipinski definition) is 6. The fraction of sp³-hybridized carbons (Fsp3) is 0.222. The van der Waals surface area contributed by atoms with E-state index in [9.17, 15) is 18.0 Å². The van der Waals surface area contributed by atoms with Gasteiger partial charge in [0.25, 0.3) is 0 Å². The third kappa shape index (κ3) is 4.78. The van der Waals surface area contributed by atoms with Crippen LogP contribution in [0.25, 0.3) is 0 Å². The van der Waals surface area contributed by atoms with Gasteiger partial charge in [0.2, 0.25) is 15.9 Å². The van der Waals surface area contributed by atoms with Crippen molar-refractivity contribution in [3.63, 3.8) is 0 Å². The number of halogens is 1. The summed E-state index contributed by atoms with van der Waals surface area (Å²) in [7, 11) is -2.64. The predicted octanol–water partition coefficient (Wildman–Crippen LogP) is 3.22. The van der Waals surface area contributed by atoms with Gasteiger partial charge in [0, 0.05) is 13.0 Å². The lowest BCUT2D eigenvalue weighted by molar-refractivity contribution is -0.115. The molecule has 2 aromatic rings. The molecule has 0 radical (unpaired) electrons. The number of sulfonamides is 1. The third-order valence-corrected chi connectivity index (χ3v) is 4.87. The van der Waals surface area contributed by atoms with Gasteiger partial charge in [-0.2, -0.15) is 0 Å². The van der Waals surface area contributed by atoms with Crippen molar-refractivity contribution in [1.82, 2.24) is 0 Å². The van der Waals surface area contributed by atoms with E-state index in [2.05, 4.69) is 0 Å². The van der Waals surface area contributed by atoms with E-state index in [0.717, 1.165) is 13.2 Å². The summed E-state index contributed by atoms with van der Waals surface area (Å²) in [6, 6.07) is 11.1. The Morgan fingerprint density at radius 3 is 2.22 bits per heavy atom. The summed E-state index contributed by atoms with van der Waals surface area (Å²) in [6.45, 7) is 1.11. The summed E-state index contributed by atoms with van der Waals surface area (Å²) in [5, 5.41) is 0. The highest BCUT2D eigenvalue weighted by Gasteiger charge is 2.28. The first kappa shape index (κ1) is 20.7. The lowest BCUT2D eigenvalue weighted by Crippen LogP contribution is -2.34. The molecule has 2 aromatic carbocycles. The summed E-state index contributed by atoms with van der Waals surface area (Å²) in [4.78, 5) is 24.2. The Morgan fingerprint density at radius 1 is 1.11 bits per heavy atom. The molecule has 0 heterocycles. The topological polar surface area (TPSA) is 90.0 Å². The molecule has 27 heavy (non-hydrogen) atoms. The van der Waals surface area contributed by atoms with Crippen LogP contribution in [0.2, 0.25) is 0 Å². The number of nitrogens with zero attached hydrogens (tertiary/aromatic N) is 1. The van der Waals surface area contributed by atoms with Gasteiger partial charge in [0.15, 0.2) is 11.5 Å². The molecular formula is C18H18ClNO6S. The van der Waals surface area contributed by atoms with E-state index in [1.807, 2.05) is 0 Å². The summed E-state index contributed by atoms with van der Waals surface area (Å²) >= 11 is 5.65. The van der Waals surface area contributed by atoms with E-state index >= 15 is 0 Å². The second kappa shape index (κ2) is 8.41. The number of methoxy groups -OCH3 is 1. The molecule has 0 aromatic heterocycles. The molecule has 0 saturated carbocycles. The molecule has 9 heteroatoms. The molecule has 0 aliphatic heterocycles. The molecule has 7 nitrogen and oxygen atoms in total. The Labute approximate surface area is 162 Å². The maximum Gasteiger partial charge on any atom is 0.238 e. The van der Waals surface area contributed by atoms with Gasteiger partial charge in [0.05, 0.1) is 24.8 Å². The molecule has 0 aliphatic rings. The van der Waals surface area contributed by atoms with Crippen molar-refractivity contribution in [1.29, 1.82) is 0 Å². The van der Waals surface area contributed by atoms with E-state index in [1.165, 1.54) is 19.2 Å². The molecule has 1 amide bonds. The Bertz CT molecular complexity index is 959. The Morgan fingerprint density at radius 2 is 1.74 bits per heavy atom. The van der Waals surface area contributed by atoms with Crippen LogP contribution in [0.15, 0.2) is 42.5 Å². The van der Waals surface area contributed by atoms with Gasteiger partial charge in [-0.05, 0) is 18.2 Å². The van der Waals surface area contributed by atoms with Crippen LogP contribution < -0.4 is 13.8 Å². The van der Waals surface area contributed by atoms with Crippen LogP contribution in [-0.2, 0) is 14.8 Å². The largest absolute Gasteiger partial charge is 0.496 e. The number of benzene rings is 2. The van der Waals surface area contributed by atoms with E-state index in [1.54, 1.807) is 30.3 Å². The van der Waals surface area contributed by atoms with Crippen LogP contribution in [0.1, 0.15) is 17.3 Å². The molecule has 144 valence electrons. The van der Waals surface area contributed by atoms with Gasteiger partial charge in [-0.3, -0.25) is 9.59 Å². The van der Waals surface area contributed by atoms with E-state index in [0.29, 0.717) is 10.1 Å². The van der Waals surface area contributed by atoms with E-state index in [4.69, 9.17) is 21.1 Å². The standard InChI is InChI=1S/C18H18ClNO6S/c1-12(21)20(27(3,23)24)15-10-17(25-2)14(16(22)11-19)9-18(15)26-13-7-5-4-6-8-13/h4-10H,11H2,1-3H3. The van der Waals surface area contributed by atoms with Gasteiger partial charge in [-0.15, -0.1) is 11.6 Å². The molecule has 0 bridgehead atoms. The van der Waals surface area contributed by atoms with Crippen molar-refractivity contribution in [3.8, 4) is 17.2 Å². The van der Waals surface area contributed by atoms with Crippen molar-refractivity contribution in [2.24, 2.45) is 0 Å². The van der Waals surface area contributed by atoms with Crippen LogP contribution >= 0.6 is 11.6 Å². The average Bonchev–Trinajstić information content (AvgIpc) is 2.61. The second-order valence-electron chi connectivity index (χ2n) is 5.54. The monoisotopic (exact) mass is 411 g/mol. The SMILES string of the molecule is COc1cc(N(C(C)=O)S(C)(=O)=O)c(Oc2ccccc2)cc1C(=O)CCl. The molecular weight excluding hydrogens is 394 g/mol. The minimum atomic E-state index is -3.96. The number of Topliss-reactive ketones (excluding diaryl/α,β-unsaturated/α-hetero) is 1. The summed E-state index contributed by atoms with van der Waals surface area (Å²) in [6.07, 6.45) is 0.894. The maximum absolute atomic E-state index is 12.2. The van der Waals surface area contributed by atoms with Crippen LogP contribution in [0.3, 0.4) is 0 Å². The minimum absolute atomic E-state index is 0.00362. The predicted molar refractivity (Wildman–Crippen MR) is 103 cm³/mol. The number of carbonyl (C=O) groups is 2. The fourth-order valence-corrected chi connectivity index (χ4v) is 3.56. The number of ether oxygens (including phenoxy) is 2. The number of para-hydroxylation sites is 1. The van der Waals surface area contributed by atoms with Gasteiger partial charge >= 0.3 is 0 Å². The summed E-state index contributed by atoms with van der Waals surface area (Å²) in [5.41, 5.74) is 0.0380. The first-order valence-electron chi connectivity index (χ1n) is 7.74. The average molecular weight is 412 g/mol. The Kier molecular flexibility index (Phi) is 6.45. The highest BCUT2D eigenvalue weighted by Crippen LogP contribution is 2.39. The quantitative estimate of drug-likeness (QED) is 0.513. The van der Waals surface area contributed by atoms with Crippen LogP contribution in [0.4, 0.5) is 5.69 Å². The van der Waals surface area contributed by atoms with Crippen LogP contribution in [0, 0.1) is 0 Å². The van der Waals surface area contributed by atoms with Gasteiger partial charge in [-0.25, -0.2) is 12.7 Å². The molecule has 0 fully saturated rings. The second-order valence-corrected chi connectivity index (χ2v) is 7.64. The number of hydrogen-bond donors (Lipinski definition) is 0. The minimum Gasteiger partial charge on any atom is -0.496 e. The zero-order valence-electron chi connectivity index (χ0n) is 14.9. The number of anilines is 1. The number of carbonyl (C=O) groups excluding carboxylic acids is 2. The van der Waals surface area contributed by atoms with Gasteiger partial charge in [-0.1, -0.05) is 18.2 Å². The molecule has 0 atom stereocenters. The highest BCUT2D eigenvalue weighted by molar-refractivity contribution is 7.92. The van der Waals surface area contributed by atoms with Crippen LogP contribution in [0.5, 0.6) is 17.2 Å². The van der Waals surface area contributed by atoms with Crippen molar-refractivity contribution in [3.05, 3.63) is 48.0 Å². The van der Waals surface area contributed by atoms with Gasteiger partial charge < -0.3 is 9.47 Å². The molecule has 0 unspecified atom stereocenters. The smallest absolute Gasteiger partial charge is 0.238 e. The maximum atomic E-state index is 12.2. The normalized spacial score (nSPS) is 11.0. The van der Waals surface area contributed by atoms with Crippen LogP contribution in [-0.4, -0.2) is 39.4 Å². The zero-order chi connectivity index (χ0) is 20.2. The first-order chi connectivity index (χ1) is 12.7. The van der Waals surface area contributed by atoms with E-state index < -0.39 is 21.7 Å². The summed E-state index contributed by atoms with van der Waals surface area (Å²) < 4.78 is 35.9. The lowest BCUT2D eigenvalue weighted by Gasteiger charge is -2.23. The summed E-state index contributed by atoms with van der Waals surface area (Å²) in [5.74, 6) is -1.02. The Hall–Kier alpha value is -2.58. The van der Waals surface area contributed by atoms with Crippen molar-refractivity contribution in [2.45, 2.75) is 6.92 Å². The molecule has 0 saturated heterocycles. The number of amides is 1. The van der Waals surface area contributed by atoms with Gasteiger partial charge in [0.1, 0.15) is 17.2 Å². The zero-order valence-corrected chi connectivity index (χ0v) is 16.5. The van der Waals surface area contributed by atoms with Crippen molar-refractivity contribution < 1.29 is 27.5 Å². The number of rotatable bonds is 7. The Balaban J connectivity index is 2.75. The van der Waals surface area contributed by atoms with E-state index in [-0.39, 0.29) is 28.6 Å². The molecule has 2 rings (SSSR count). The molecule has 0 spiro atoms. The van der Waals surface area contributed by atoms with Crippen molar-refractivity contribution in [2.75, 3.05) is 23.6 Å². The number of alkyl halides is 1. The lowest BCUT2D eigenvalue weighted by atomic mass is 10.1. The molecule has 0 aliphatic carbocycles. The fourth-order valence-electron chi connectivity index (χ4n) is 2.45.